The van der Waals surface area contributed by atoms with Crippen LogP contribution in [-0.4, -0.2) is 12.5 Å². The molecule has 2 heteroatoms. The van der Waals surface area contributed by atoms with Gasteiger partial charge in [0, 0.05) is 13.0 Å². The molecule has 0 heterocycles. The molecule has 27 heavy (non-hydrogen) atoms. The molecule has 162 valence electrons. The first-order valence-electron chi connectivity index (χ1n) is 12.6. The molecule has 0 aliphatic carbocycles. The van der Waals surface area contributed by atoms with Crippen molar-refractivity contribution in [3.63, 3.8) is 0 Å². The lowest BCUT2D eigenvalue weighted by Gasteiger charge is -2.06. The van der Waals surface area contributed by atoms with E-state index in [1.807, 2.05) is 0 Å². The van der Waals surface area contributed by atoms with E-state index in [0.29, 0.717) is 0 Å². The first-order valence-corrected chi connectivity index (χ1v) is 12.6. The third-order valence-corrected chi connectivity index (χ3v) is 5.61. The second kappa shape index (κ2) is 23.5. The van der Waals surface area contributed by atoms with Gasteiger partial charge in [0.05, 0.1) is 0 Å². The third kappa shape index (κ3) is 23.4. The van der Waals surface area contributed by atoms with Gasteiger partial charge in [0.1, 0.15) is 0 Å². The molecule has 0 bridgehead atoms. The number of nitrogens with one attached hydrogen (secondary N) is 1. The molecule has 2 nitrogen and oxygen atoms in total. The second-order valence-corrected chi connectivity index (χ2v) is 8.46. The maximum Gasteiger partial charge on any atom is 0.219 e. The van der Waals surface area contributed by atoms with E-state index in [4.69, 9.17) is 0 Å². The zero-order chi connectivity index (χ0) is 19.8. The summed E-state index contributed by atoms with van der Waals surface area (Å²) in [6, 6.07) is 0. The molecule has 0 aliphatic rings. The average molecular weight is 382 g/mol. The summed E-state index contributed by atoms with van der Waals surface area (Å²) in [5.41, 5.74) is 0. The van der Waals surface area contributed by atoms with Crippen LogP contribution < -0.4 is 5.32 Å². The summed E-state index contributed by atoms with van der Waals surface area (Å²) in [6.07, 6.45) is 27.6. The Morgan fingerprint density at radius 2 is 0.815 bits per heavy atom. The number of rotatable bonds is 22. The van der Waals surface area contributed by atoms with Gasteiger partial charge in [-0.2, -0.15) is 0 Å². The lowest BCUT2D eigenvalue weighted by Crippen LogP contribution is -2.23. The molecule has 0 atom stereocenters. The van der Waals surface area contributed by atoms with Crippen molar-refractivity contribution >= 4 is 5.91 Å². The van der Waals surface area contributed by atoms with Crippen LogP contribution in [0, 0.1) is 0 Å². The highest BCUT2D eigenvalue weighted by Gasteiger charge is 2.00. The molecular formula is C25H51NO. The molecule has 0 saturated heterocycles. The highest BCUT2D eigenvalue weighted by Crippen LogP contribution is 2.12. The number of hydrogen-bond donors (Lipinski definition) is 1. The molecule has 0 aromatic heterocycles. The Labute approximate surface area is 171 Å². The first kappa shape index (κ1) is 26.5. The van der Waals surface area contributed by atoms with Gasteiger partial charge >= 0.3 is 0 Å². The van der Waals surface area contributed by atoms with Crippen LogP contribution in [0.4, 0.5) is 0 Å². The van der Waals surface area contributed by atoms with Crippen molar-refractivity contribution in [2.75, 3.05) is 6.54 Å². The minimum Gasteiger partial charge on any atom is -0.356 e. The predicted molar refractivity (Wildman–Crippen MR) is 121 cm³/mol. The van der Waals surface area contributed by atoms with E-state index in [1.165, 1.54) is 116 Å². The summed E-state index contributed by atoms with van der Waals surface area (Å²) in [5, 5.41) is 3.10. The van der Waals surface area contributed by atoms with Crippen LogP contribution in [0.3, 0.4) is 0 Å². The normalized spacial score (nSPS) is 11.0. The predicted octanol–water partition coefficient (Wildman–Crippen LogP) is 8.33. The van der Waals surface area contributed by atoms with Gasteiger partial charge in [-0.25, -0.2) is 0 Å². The Morgan fingerprint density at radius 1 is 0.481 bits per heavy atom. The van der Waals surface area contributed by atoms with Gasteiger partial charge in [0.2, 0.25) is 5.91 Å². The highest BCUT2D eigenvalue weighted by atomic mass is 16.1. The fourth-order valence-corrected chi connectivity index (χ4v) is 3.70. The standard InChI is InChI=1S/C25H51NO/c1-3-5-7-9-11-13-14-16-18-20-22-24-26-25(27)23-21-19-17-15-12-10-8-6-4-2/h3-24H2,1-2H3,(H,26,27). The van der Waals surface area contributed by atoms with Crippen LogP contribution in [-0.2, 0) is 4.79 Å². The molecule has 0 radical (unpaired) electrons. The molecule has 0 spiro atoms. The van der Waals surface area contributed by atoms with Crippen molar-refractivity contribution in [3.8, 4) is 0 Å². The van der Waals surface area contributed by atoms with Crippen LogP contribution in [0.2, 0.25) is 0 Å². The minimum absolute atomic E-state index is 0.269. The van der Waals surface area contributed by atoms with E-state index in [0.717, 1.165) is 25.8 Å². The Kier molecular flexibility index (Phi) is 23.0. The molecule has 0 unspecified atom stereocenters. The van der Waals surface area contributed by atoms with Gasteiger partial charge in [0.15, 0.2) is 0 Å². The molecular weight excluding hydrogens is 330 g/mol. The first-order chi connectivity index (χ1) is 13.3. The lowest BCUT2D eigenvalue weighted by molar-refractivity contribution is -0.121. The molecule has 0 aromatic carbocycles. The quantitative estimate of drug-likeness (QED) is 0.188. The Morgan fingerprint density at radius 3 is 1.22 bits per heavy atom. The topological polar surface area (TPSA) is 29.1 Å². The molecule has 0 aromatic rings. The van der Waals surface area contributed by atoms with E-state index < -0.39 is 0 Å². The molecule has 0 aliphatic heterocycles. The maximum absolute atomic E-state index is 11.8. The van der Waals surface area contributed by atoms with Gasteiger partial charge in [-0.1, -0.05) is 129 Å². The Hall–Kier alpha value is -0.530. The van der Waals surface area contributed by atoms with E-state index >= 15 is 0 Å². The van der Waals surface area contributed by atoms with Crippen LogP contribution in [0.15, 0.2) is 0 Å². The van der Waals surface area contributed by atoms with Gasteiger partial charge in [-0.05, 0) is 12.8 Å². The van der Waals surface area contributed by atoms with E-state index in [1.54, 1.807) is 0 Å². The van der Waals surface area contributed by atoms with Crippen molar-refractivity contribution in [1.82, 2.24) is 5.32 Å². The Bertz CT molecular complexity index is 290. The number of amides is 1. The number of hydrogen-bond acceptors (Lipinski definition) is 1. The zero-order valence-electron chi connectivity index (χ0n) is 19.0. The summed E-state index contributed by atoms with van der Waals surface area (Å²) >= 11 is 0. The molecule has 0 saturated carbocycles. The zero-order valence-corrected chi connectivity index (χ0v) is 19.0. The van der Waals surface area contributed by atoms with Crippen molar-refractivity contribution in [3.05, 3.63) is 0 Å². The fraction of sp³-hybridized carbons (Fsp3) is 0.960. The fourth-order valence-electron chi connectivity index (χ4n) is 3.70. The molecule has 0 rings (SSSR count). The van der Waals surface area contributed by atoms with E-state index in [-0.39, 0.29) is 5.91 Å². The lowest BCUT2D eigenvalue weighted by atomic mass is 10.1. The van der Waals surface area contributed by atoms with Gasteiger partial charge < -0.3 is 5.32 Å². The molecule has 0 fully saturated rings. The molecule has 1 N–H and O–H groups in total. The number of carbonyl (C=O) groups is 1. The van der Waals surface area contributed by atoms with Crippen molar-refractivity contribution in [2.45, 2.75) is 149 Å². The summed E-state index contributed by atoms with van der Waals surface area (Å²) in [4.78, 5) is 11.8. The highest BCUT2D eigenvalue weighted by molar-refractivity contribution is 5.75. The summed E-state index contributed by atoms with van der Waals surface area (Å²) in [6.45, 7) is 5.43. The van der Waals surface area contributed by atoms with E-state index in [9.17, 15) is 4.79 Å². The monoisotopic (exact) mass is 381 g/mol. The van der Waals surface area contributed by atoms with Gasteiger partial charge in [-0.3, -0.25) is 4.79 Å². The SMILES string of the molecule is CCCCCCCCCCCCCNC(=O)CCCCCCCCCCC. The Balaban J connectivity index is 3.13. The van der Waals surface area contributed by atoms with Crippen LogP contribution >= 0.6 is 0 Å². The number of carbonyl (C=O) groups excluding carboxylic acids is 1. The summed E-state index contributed by atoms with van der Waals surface area (Å²) in [7, 11) is 0. The summed E-state index contributed by atoms with van der Waals surface area (Å²) in [5.74, 6) is 0.269. The minimum atomic E-state index is 0.269. The number of unbranched alkanes of at least 4 members (excludes halogenated alkanes) is 18. The largest absolute Gasteiger partial charge is 0.356 e. The van der Waals surface area contributed by atoms with Gasteiger partial charge in [-0.15, -0.1) is 0 Å². The third-order valence-electron chi connectivity index (χ3n) is 5.61. The van der Waals surface area contributed by atoms with Gasteiger partial charge in [0.25, 0.3) is 0 Å². The average Bonchev–Trinajstić information content (AvgIpc) is 2.67. The maximum atomic E-state index is 11.8. The second-order valence-electron chi connectivity index (χ2n) is 8.46. The van der Waals surface area contributed by atoms with Crippen LogP contribution in [0.25, 0.3) is 0 Å². The van der Waals surface area contributed by atoms with Crippen LogP contribution in [0.1, 0.15) is 149 Å². The van der Waals surface area contributed by atoms with Crippen molar-refractivity contribution < 1.29 is 4.79 Å². The van der Waals surface area contributed by atoms with Crippen LogP contribution in [0.5, 0.6) is 0 Å². The summed E-state index contributed by atoms with van der Waals surface area (Å²) < 4.78 is 0. The smallest absolute Gasteiger partial charge is 0.219 e. The van der Waals surface area contributed by atoms with Crippen molar-refractivity contribution in [1.29, 1.82) is 0 Å². The van der Waals surface area contributed by atoms with Crippen molar-refractivity contribution in [2.24, 2.45) is 0 Å². The van der Waals surface area contributed by atoms with E-state index in [2.05, 4.69) is 19.2 Å². The molecule has 1 amide bonds.